The number of aliphatic imine (C=N–C) groups is 1. The summed E-state index contributed by atoms with van der Waals surface area (Å²) in [5.74, 6) is 0.946. The van der Waals surface area contributed by atoms with Crippen molar-refractivity contribution in [2.45, 2.75) is 26.7 Å². The summed E-state index contributed by atoms with van der Waals surface area (Å²) < 4.78 is 0. The van der Waals surface area contributed by atoms with E-state index < -0.39 is 0 Å². The monoisotopic (exact) mass is 177 g/mol. The van der Waals surface area contributed by atoms with Gasteiger partial charge in [-0.25, -0.2) is 4.98 Å². The lowest BCUT2D eigenvalue weighted by Crippen LogP contribution is -1.94. The largest absolute Gasteiger partial charge is 0.382 e. The van der Waals surface area contributed by atoms with Gasteiger partial charge in [0.25, 0.3) is 0 Å². The quantitative estimate of drug-likeness (QED) is 0.705. The first-order valence-electron chi connectivity index (χ1n) is 4.39. The maximum Gasteiger partial charge on any atom is 0.149 e. The second-order valence-corrected chi connectivity index (χ2v) is 3.22. The molecule has 1 rings (SSSR count). The second kappa shape index (κ2) is 4.03. The van der Waals surface area contributed by atoms with E-state index >= 15 is 0 Å². The summed E-state index contributed by atoms with van der Waals surface area (Å²) >= 11 is 0. The average Bonchev–Trinajstić information content (AvgIpc) is 2.08. The van der Waals surface area contributed by atoms with Crippen molar-refractivity contribution in [3.63, 3.8) is 0 Å². The van der Waals surface area contributed by atoms with Crippen molar-refractivity contribution in [1.29, 1.82) is 0 Å². The van der Waals surface area contributed by atoms with Gasteiger partial charge in [0.2, 0.25) is 0 Å². The number of pyridine rings is 1. The third-order valence-electron chi connectivity index (χ3n) is 1.85. The highest BCUT2D eigenvalue weighted by Crippen LogP contribution is 2.24. The number of nitrogens with two attached hydrogens (primary N) is 1. The molecule has 3 heteroatoms. The molecule has 0 radical (unpaired) electrons. The highest BCUT2D eigenvalue weighted by Gasteiger charge is 2.03. The minimum absolute atomic E-state index is 0.457. The molecule has 70 valence electrons. The van der Waals surface area contributed by atoms with E-state index in [0.29, 0.717) is 11.7 Å². The maximum absolute atomic E-state index is 5.65. The summed E-state index contributed by atoms with van der Waals surface area (Å²) in [6, 6.07) is 1.98. The van der Waals surface area contributed by atoms with E-state index in [-0.39, 0.29) is 0 Å². The summed E-state index contributed by atoms with van der Waals surface area (Å²) in [7, 11) is 0. The third-order valence-corrected chi connectivity index (χ3v) is 1.85. The lowest BCUT2D eigenvalue weighted by Gasteiger charge is -2.06. The molecule has 0 saturated carbocycles. The van der Waals surface area contributed by atoms with E-state index in [0.717, 1.165) is 11.3 Å². The molecular weight excluding hydrogens is 162 g/mol. The van der Waals surface area contributed by atoms with Crippen LogP contribution in [0.15, 0.2) is 17.3 Å². The van der Waals surface area contributed by atoms with Gasteiger partial charge in [0, 0.05) is 12.4 Å². The van der Waals surface area contributed by atoms with Gasteiger partial charge in [-0.15, -0.1) is 0 Å². The van der Waals surface area contributed by atoms with Crippen molar-refractivity contribution in [2.24, 2.45) is 4.99 Å². The van der Waals surface area contributed by atoms with Crippen LogP contribution in [0.25, 0.3) is 0 Å². The van der Waals surface area contributed by atoms with E-state index in [1.54, 1.807) is 12.4 Å². The molecule has 0 saturated heterocycles. The molecule has 0 aliphatic heterocycles. The normalized spacial score (nSPS) is 11.4. The number of nitrogen functional groups attached to an aromatic ring is 1. The Morgan fingerprint density at radius 2 is 2.23 bits per heavy atom. The Kier molecular flexibility index (Phi) is 3.01. The SMILES string of the molecule is CC=Nc1cc(C(C)C)cnc1N. The Morgan fingerprint density at radius 3 is 2.77 bits per heavy atom. The van der Waals surface area contributed by atoms with E-state index in [4.69, 9.17) is 5.73 Å². The standard InChI is InChI=1S/C10H15N3/c1-4-12-9-5-8(7(2)3)6-13-10(9)11/h4-7H,1-3H3,(H2,11,13). The Bertz CT molecular complexity index is 316. The summed E-state index contributed by atoms with van der Waals surface area (Å²) in [5.41, 5.74) is 7.57. The summed E-state index contributed by atoms with van der Waals surface area (Å²) in [6.07, 6.45) is 3.52. The van der Waals surface area contributed by atoms with Crippen LogP contribution >= 0.6 is 0 Å². The first-order chi connectivity index (χ1) is 6.15. The number of nitrogens with zero attached hydrogens (tertiary/aromatic N) is 2. The topological polar surface area (TPSA) is 51.3 Å². The molecule has 0 amide bonds. The van der Waals surface area contributed by atoms with Crippen molar-refractivity contribution in [2.75, 3.05) is 5.73 Å². The predicted molar refractivity (Wildman–Crippen MR) is 56.6 cm³/mol. The maximum atomic E-state index is 5.65. The van der Waals surface area contributed by atoms with Gasteiger partial charge >= 0.3 is 0 Å². The second-order valence-electron chi connectivity index (χ2n) is 3.22. The van der Waals surface area contributed by atoms with Gasteiger partial charge in [-0.05, 0) is 24.5 Å². The zero-order chi connectivity index (χ0) is 9.84. The zero-order valence-electron chi connectivity index (χ0n) is 8.28. The van der Waals surface area contributed by atoms with Gasteiger partial charge in [-0.1, -0.05) is 13.8 Å². The van der Waals surface area contributed by atoms with E-state index in [1.165, 1.54) is 0 Å². The molecule has 3 nitrogen and oxygen atoms in total. The minimum Gasteiger partial charge on any atom is -0.382 e. The first kappa shape index (κ1) is 9.71. The molecule has 0 bridgehead atoms. The van der Waals surface area contributed by atoms with Crippen molar-refractivity contribution in [3.05, 3.63) is 17.8 Å². The van der Waals surface area contributed by atoms with Crippen LogP contribution in [0, 0.1) is 0 Å². The fraction of sp³-hybridized carbons (Fsp3) is 0.400. The lowest BCUT2D eigenvalue weighted by atomic mass is 10.1. The number of hydrogen-bond donors (Lipinski definition) is 1. The van der Waals surface area contributed by atoms with Gasteiger partial charge < -0.3 is 5.73 Å². The molecule has 2 N–H and O–H groups in total. The van der Waals surface area contributed by atoms with Crippen LogP contribution in [-0.4, -0.2) is 11.2 Å². The molecule has 0 spiro atoms. The molecule has 1 heterocycles. The highest BCUT2D eigenvalue weighted by molar-refractivity contribution is 5.67. The molecule has 1 aromatic rings. The van der Waals surface area contributed by atoms with Crippen molar-refractivity contribution < 1.29 is 0 Å². The Balaban J connectivity index is 3.11. The Hall–Kier alpha value is -1.38. The van der Waals surface area contributed by atoms with Crippen LogP contribution in [0.2, 0.25) is 0 Å². The van der Waals surface area contributed by atoms with Gasteiger partial charge in [0.05, 0.1) is 0 Å². The van der Waals surface area contributed by atoms with Crippen LogP contribution in [0.5, 0.6) is 0 Å². The number of hydrogen-bond acceptors (Lipinski definition) is 3. The number of anilines is 1. The highest BCUT2D eigenvalue weighted by atomic mass is 14.9. The van der Waals surface area contributed by atoms with E-state index in [9.17, 15) is 0 Å². The van der Waals surface area contributed by atoms with Crippen molar-refractivity contribution >= 4 is 17.7 Å². The fourth-order valence-electron chi connectivity index (χ4n) is 1.04. The van der Waals surface area contributed by atoms with Gasteiger partial charge in [0.1, 0.15) is 11.5 Å². The van der Waals surface area contributed by atoms with Crippen LogP contribution in [0.4, 0.5) is 11.5 Å². The van der Waals surface area contributed by atoms with Crippen molar-refractivity contribution in [1.82, 2.24) is 4.98 Å². The Morgan fingerprint density at radius 1 is 1.54 bits per heavy atom. The predicted octanol–water partition coefficient (Wildman–Crippen LogP) is 2.51. The zero-order valence-corrected chi connectivity index (χ0v) is 8.28. The third kappa shape index (κ3) is 2.28. The summed E-state index contributed by atoms with van der Waals surface area (Å²) in [4.78, 5) is 8.22. The van der Waals surface area contributed by atoms with Crippen LogP contribution < -0.4 is 5.73 Å². The van der Waals surface area contributed by atoms with Crippen molar-refractivity contribution in [3.8, 4) is 0 Å². The number of aromatic nitrogens is 1. The molecule has 0 aliphatic carbocycles. The summed E-state index contributed by atoms with van der Waals surface area (Å²) in [5, 5.41) is 0. The first-order valence-corrected chi connectivity index (χ1v) is 4.39. The number of rotatable bonds is 2. The fourth-order valence-corrected chi connectivity index (χ4v) is 1.04. The molecule has 0 atom stereocenters. The van der Waals surface area contributed by atoms with Crippen LogP contribution in [0.3, 0.4) is 0 Å². The van der Waals surface area contributed by atoms with Crippen LogP contribution in [0.1, 0.15) is 32.3 Å². The van der Waals surface area contributed by atoms with Gasteiger partial charge in [-0.3, -0.25) is 4.99 Å². The molecule has 0 unspecified atom stereocenters. The molecule has 1 aromatic heterocycles. The molecule has 0 aliphatic rings. The molecule has 0 fully saturated rings. The van der Waals surface area contributed by atoms with Crippen LogP contribution in [-0.2, 0) is 0 Å². The molecule has 0 aromatic carbocycles. The summed E-state index contributed by atoms with van der Waals surface area (Å²) in [6.45, 7) is 6.10. The Labute approximate surface area is 78.7 Å². The minimum atomic E-state index is 0.457. The van der Waals surface area contributed by atoms with Gasteiger partial charge in [0.15, 0.2) is 0 Å². The van der Waals surface area contributed by atoms with E-state index in [2.05, 4.69) is 23.8 Å². The van der Waals surface area contributed by atoms with E-state index in [1.807, 2.05) is 13.0 Å². The lowest BCUT2D eigenvalue weighted by molar-refractivity contribution is 0.859. The van der Waals surface area contributed by atoms with Gasteiger partial charge in [-0.2, -0.15) is 0 Å². The smallest absolute Gasteiger partial charge is 0.149 e. The molecular formula is C10H15N3. The average molecular weight is 177 g/mol. The molecule has 13 heavy (non-hydrogen) atoms.